The molecule has 0 amide bonds. The van der Waals surface area contributed by atoms with Crippen molar-refractivity contribution in [2.75, 3.05) is 23.4 Å². The van der Waals surface area contributed by atoms with Crippen LogP contribution in [0.5, 0.6) is 0 Å². The molecule has 0 aromatic heterocycles. The molecule has 0 radical (unpaired) electrons. The van der Waals surface area contributed by atoms with Gasteiger partial charge in [-0.1, -0.05) is 75.7 Å². The van der Waals surface area contributed by atoms with Gasteiger partial charge in [0.15, 0.2) is 0 Å². The van der Waals surface area contributed by atoms with Gasteiger partial charge in [-0.2, -0.15) is 0 Å². The Balaban J connectivity index is 2.03. The second-order valence-corrected chi connectivity index (χ2v) is 24.8. The second kappa shape index (κ2) is 8.18. The molecule has 0 bridgehead atoms. The van der Waals surface area contributed by atoms with E-state index in [-0.39, 0.29) is 0 Å². The minimum atomic E-state index is -1.52. The molecule has 0 spiro atoms. The Bertz CT molecular complexity index is 705. The van der Waals surface area contributed by atoms with E-state index < -0.39 is 33.2 Å². The molecule has 1 fully saturated rings. The third kappa shape index (κ3) is 4.23. The minimum Gasteiger partial charge on any atom is -0.329 e. The van der Waals surface area contributed by atoms with Crippen LogP contribution >= 0.6 is 16.7 Å². The lowest BCUT2D eigenvalue weighted by molar-refractivity contribution is 0.787. The molecule has 1 heterocycles. The monoisotopic (exact) mass is 448 g/mol. The molecule has 0 N–H and O–H groups in total. The van der Waals surface area contributed by atoms with Crippen molar-refractivity contribution >= 4 is 44.6 Å². The van der Waals surface area contributed by atoms with Crippen LogP contribution in [0.3, 0.4) is 0 Å². The van der Waals surface area contributed by atoms with Gasteiger partial charge in [-0.25, -0.2) is 8.21 Å². The van der Waals surface area contributed by atoms with Crippen molar-refractivity contribution in [1.82, 2.24) is 8.21 Å². The van der Waals surface area contributed by atoms with Gasteiger partial charge in [0.05, 0.1) is 0 Å². The van der Waals surface area contributed by atoms with Crippen LogP contribution in [0, 0.1) is 0 Å². The molecule has 1 aliphatic heterocycles. The Morgan fingerprint density at radius 3 is 1.11 bits per heavy atom. The summed E-state index contributed by atoms with van der Waals surface area (Å²) < 4.78 is 10.9. The Kier molecular flexibility index (Phi) is 6.41. The summed E-state index contributed by atoms with van der Waals surface area (Å²) >= 11 is 0. The van der Waals surface area contributed by atoms with Crippen LogP contribution in [0.4, 0.5) is 11.4 Å². The average molecular weight is 449 g/mol. The van der Waals surface area contributed by atoms with Gasteiger partial charge in [0.2, 0.25) is 0 Å². The summed E-state index contributed by atoms with van der Waals surface area (Å²) in [5, 5.41) is 0. The average Bonchev–Trinajstić information content (AvgIpc) is 2.59. The van der Waals surface area contributed by atoms with Crippen LogP contribution in [-0.4, -0.2) is 38.8 Å². The van der Waals surface area contributed by atoms with E-state index in [1.54, 1.807) is 0 Å². The third-order valence-corrected chi connectivity index (χ3v) is 21.2. The van der Waals surface area contributed by atoms with Gasteiger partial charge in [0, 0.05) is 25.5 Å². The highest BCUT2D eigenvalue weighted by Gasteiger charge is 2.60. The molecule has 4 nitrogen and oxygen atoms in total. The maximum atomic E-state index is 2.91. The van der Waals surface area contributed by atoms with E-state index in [1.165, 1.54) is 11.4 Å². The number of anilines is 2. The molecule has 1 aliphatic rings. The van der Waals surface area contributed by atoms with Gasteiger partial charge >= 0.3 is 0 Å². The highest BCUT2D eigenvalue weighted by atomic mass is 31.3. The molecule has 0 unspecified atom stereocenters. The molecular formula is C20H34N4P2Si2. The molecule has 0 aliphatic carbocycles. The lowest BCUT2D eigenvalue weighted by Crippen LogP contribution is -2.62. The summed E-state index contributed by atoms with van der Waals surface area (Å²) in [5.74, 6) is 0. The van der Waals surface area contributed by atoms with Gasteiger partial charge in [0.1, 0.15) is 33.2 Å². The minimum absolute atomic E-state index is 0.490. The van der Waals surface area contributed by atoms with E-state index >= 15 is 0 Å². The first-order valence-corrected chi connectivity index (χ1v) is 19.1. The van der Waals surface area contributed by atoms with Gasteiger partial charge in [-0.05, 0) is 24.3 Å². The summed E-state index contributed by atoms with van der Waals surface area (Å²) in [6, 6.07) is 21.8. The molecule has 8 heteroatoms. The zero-order valence-electron chi connectivity index (χ0n) is 18.5. The van der Waals surface area contributed by atoms with Crippen LogP contribution in [0.15, 0.2) is 60.7 Å². The molecule has 0 saturated carbocycles. The maximum absolute atomic E-state index is 2.91. The molecule has 152 valence electrons. The first-order chi connectivity index (χ1) is 13.0. The fraction of sp³-hybridized carbons (Fsp3) is 0.400. The number of hydrogen-bond acceptors (Lipinski definition) is 4. The van der Waals surface area contributed by atoms with E-state index in [9.17, 15) is 0 Å². The lowest BCUT2D eigenvalue weighted by Gasteiger charge is -2.67. The Labute approximate surface area is 176 Å². The van der Waals surface area contributed by atoms with Crippen LogP contribution in [0.1, 0.15) is 0 Å². The van der Waals surface area contributed by atoms with Crippen molar-refractivity contribution in [3.8, 4) is 0 Å². The largest absolute Gasteiger partial charge is 0.329 e. The molecule has 28 heavy (non-hydrogen) atoms. The Morgan fingerprint density at radius 1 is 0.571 bits per heavy atom. The number of benzene rings is 2. The molecule has 3 rings (SSSR count). The van der Waals surface area contributed by atoms with E-state index in [2.05, 4.69) is 132 Å². The number of nitrogens with zero attached hydrogens (tertiary/aromatic N) is 4. The Hall–Kier alpha value is -0.746. The smallest absolute Gasteiger partial charge is 0.147 e. The van der Waals surface area contributed by atoms with Crippen LogP contribution in [0.25, 0.3) is 0 Å². The fourth-order valence-corrected chi connectivity index (χ4v) is 21.1. The normalized spacial score (nSPS) is 21.3. The van der Waals surface area contributed by atoms with Crippen molar-refractivity contribution < 1.29 is 0 Å². The summed E-state index contributed by atoms with van der Waals surface area (Å²) in [6.07, 6.45) is 0. The van der Waals surface area contributed by atoms with Crippen LogP contribution < -0.4 is 9.34 Å². The molecule has 0 atom stereocenters. The maximum Gasteiger partial charge on any atom is 0.147 e. The first-order valence-electron chi connectivity index (χ1n) is 9.81. The summed E-state index contributed by atoms with van der Waals surface area (Å²) in [6.45, 7) is 15.0. The van der Waals surface area contributed by atoms with Crippen molar-refractivity contribution in [3.05, 3.63) is 60.7 Å². The summed E-state index contributed by atoms with van der Waals surface area (Å²) in [7, 11) is 0.549. The van der Waals surface area contributed by atoms with Gasteiger partial charge in [-0.15, -0.1) is 0 Å². The fourth-order valence-electron chi connectivity index (χ4n) is 3.35. The van der Waals surface area contributed by atoms with E-state index in [1.807, 2.05) is 0 Å². The van der Waals surface area contributed by atoms with Crippen molar-refractivity contribution in [1.29, 1.82) is 0 Å². The topological polar surface area (TPSA) is 13.0 Å². The van der Waals surface area contributed by atoms with Gasteiger partial charge in [-0.3, -0.25) is 0 Å². The molecule has 2 aromatic carbocycles. The van der Waals surface area contributed by atoms with Crippen molar-refractivity contribution in [3.63, 3.8) is 0 Å². The van der Waals surface area contributed by atoms with Crippen LogP contribution in [0.2, 0.25) is 39.3 Å². The molecular weight excluding hydrogens is 414 g/mol. The zero-order valence-corrected chi connectivity index (χ0v) is 22.2. The van der Waals surface area contributed by atoms with Crippen molar-refractivity contribution in [2.24, 2.45) is 0 Å². The lowest BCUT2D eigenvalue weighted by atomic mass is 10.3. The van der Waals surface area contributed by atoms with Crippen molar-refractivity contribution in [2.45, 2.75) is 39.3 Å². The second-order valence-electron chi connectivity index (χ2n) is 9.18. The van der Waals surface area contributed by atoms with Gasteiger partial charge < -0.3 is 9.34 Å². The van der Waals surface area contributed by atoms with Gasteiger partial charge in [0.25, 0.3) is 0 Å². The zero-order chi connectivity index (χ0) is 20.7. The summed E-state index contributed by atoms with van der Waals surface area (Å²) in [5.41, 5.74) is 2.63. The van der Waals surface area contributed by atoms with E-state index in [0.29, 0.717) is 0 Å². The standard InChI is InChI=1S/C20H34N4P2Si2/c1-21(19-15-11-9-12-16-19)25-23(27(3,4)5)26(24(25)28(6,7)8)22(2)20-17-13-10-14-18-20/h9-18H,1-8H3. The highest BCUT2D eigenvalue weighted by molar-refractivity contribution is 7.88. The van der Waals surface area contributed by atoms with Crippen LogP contribution in [-0.2, 0) is 0 Å². The first kappa shape index (κ1) is 22.0. The molecule has 2 aromatic rings. The predicted molar refractivity (Wildman–Crippen MR) is 134 cm³/mol. The predicted octanol–water partition coefficient (Wildman–Crippen LogP) is 7.00. The quantitative estimate of drug-likeness (QED) is 0.348. The summed E-state index contributed by atoms with van der Waals surface area (Å²) in [4.78, 5) is 0. The van der Waals surface area contributed by atoms with E-state index in [0.717, 1.165) is 0 Å². The van der Waals surface area contributed by atoms with E-state index in [4.69, 9.17) is 0 Å². The highest BCUT2D eigenvalue weighted by Crippen LogP contribution is 2.82. The SMILES string of the molecule is CN(c1ccccc1)P1N([Si](C)(C)C)P(N(C)c2ccccc2)N1[Si](C)(C)C. The number of hydrogen-bond donors (Lipinski definition) is 0. The number of para-hydroxylation sites is 2. The third-order valence-electron chi connectivity index (χ3n) is 4.67. The number of rotatable bonds is 6. The molecule has 1 saturated heterocycles. The Morgan fingerprint density at radius 2 is 0.857 bits per heavy atom.